The van der Waals surface area contributed by atoms with Gasteiger partial charge in [-0.05, 0) is 19.1 Å². The molecule has 1 amide bonds. The number of rotatable bonds is 4. The van der Waals surface area contributed by atoms with Gasteiger partial charge in [-0.15, -0.1) is 11.3 Å². The molecule has 19 heavy (non-hydrogen) atoms. The van der Waals surface area contributed by atoms with Crippen LogP contribution in [0.2, 0.25) is 0 Å². The number of hydrogen-bond donors (Lipinski definition) is 1. The lowest BCUT2D eigenvalue weighted by molar-refractivity contribution is -0.147. The van der Waals surface area contributed by atoms with Crippen LogP contribution in [0.5, 0.6) is 0 Å². The van der Waals surface area contributed by atoms with Crippen LogP contribution < -0.4 is 0 Å². The lowest BCUT2D eigenvalue weighted by Gasteiger charge is -2.32. The lowest BCUT2D eigenvalue weighted by atomic mass is 10.2. The van der Waals surface area contributed by atoms with Crippen molar-refractivity contribution in [2.75, 3.05) is 19.7 Å². The first-order valence-electron chi connectivity index (χ1n) is 6.21. The maximum Gasteiger partial charge on any atom is 0.306 e. The maximum absolute atomic E-state index is 12.1. The van der Waals surface area contributed by atoms with Crippen LogP contribution in [0.15, 0.2) is 12.1 Å². The van der Waals surface area contributed by atoms with Gasteiger partial charge in [0, 0.05) is 22.8 Å². The molecule has 0 aromatic carbocycles. The third kappa shape index (κ3) is 4.04. The number of hydrogen-bond acceptors (Lipinski definition) is 4. The molecule has 0 radical (unpaired) electrons. The number of carboxylic acid groups (broad SMARTS) is 1. The van der Waals surface area contributed by atoms with E-state index in [-0.39, 0.29) is 18.4 Å². The van der Waals surface area contributed by atoms with Crippen molar-refractivity contribution in [3.8, 4) is 0 Å². The Morgan fingerprint density at radius 2 is 2.32 bits per heavy atom. The van der Waals surface area contributed by atoms with E-state index in [0.29, 0.717) is 26.1 Å². The van der Waals surface area contributed by atoms with Gasteiger partial charge in [0.05, 0.1) is 25.6 Å². The Hall–Kier alpha value is -1.40. The van der Waals surface area contributed by atoms with Crippen LogP contribution in [-0.4, -0.2) is 47.7 Å². The average Bonchev–Trinajstić information content (AvgIpc) is 2.74. The van der Waals surface area contributed by atoms with Gasteiger partial charge < -0.3 is 14.7 Å². The van der Waals surface area contributed by atoms with E-state index in [1.165, 1.54) is 4.88 Å². The number of nitrogens with zero attached hydrogens (tertiary/aromatic N) is 1. The number of carbonyl (C=O) groups excluding carboxylic acids is 1. The van der Waals surface area contributed by atoms with Crippen molar-refractivity contribution in [2.24, 2.45) is 0 Å². The van der Waals surface area contributed by atoms with Crippen molar-refractivity contribution in [3.05, 3.63) is 21.9 Å². The summed E-state index contributed by atoms with van der Waals surface area (Å²) in [6.45, 7) is 3.33. The third-order valence-electron chi connectivity index (χ3n) is 3.02. The molecule has 1 N–H and O–H groups in total. The number of aryl methyl sites for hydroxylation is 1. The van der Waals surface area contributed by atoms with Gasteiger partial charge in [0.1, 0.15) is 0 Å². The molecule has 1 atom stereocenters. The fourth-order valence-electron chi connectivity index (χ4n) is 2.11. The molecule has 1 saturated heterocycles. The fourth-order valence-corrected chi connectivity index (χ4v) is 2.99. The van der Waals surface area contributed by atoms with Crippen molar-refractivity contribution >= 4 is 23.2 Å². The highest BCUT2D eigenvalue weighted by Crippen LogP contribution is 2.17. The summed E-state index contributed by atoms with van der Waals surface area (Å²) in [6.07, 6.45) is -0.0551. The van der Waals surface area contributed by atoms with Crippen molar-refractivity contribution in [1.29, 1.82) is 0 Å². The van der Waals surface area contributed by atoms with Gasteiger partial charge in [-0.25, -0.2) is 0 Å². The summed E-state index contributed by atoms with van der Waals surface area (Å²) >= 11 is 1.62. The third-order valence-corrected chi connectivity index (χ3v) is 4.02. The summed E-state index contributed by atoms with van der Waals surface area (Å²) in [5.41, 5.74) is 0. The van der Waals surface area contributed by atoms with E-state index in [0.717, 1.165) is 4.88 Å². The molecule has 0 saturated carbocycles. The molecule has 1 aliphatic heterocycles. The zero-order valence-electron chi connectivity index (χ0n) is 10.8. The summed E-state index contributed by atoms with van der Waals surface area (Å²) in [5, 5.41) is 8.75. The Morgan fingerprint density at radius 3 is 2.95 bits per heavy atom. The molecule has 2 heterocycles. The largest absolute Gasteiger partial charge is 0.481 e. The molecule has 1 fully saturated rings. The van der Waals surface area contributed by atoms with E-state index in [9.17, 15) is 9.59 Å². The summed E-state index contributed by atoms with van der Waals surface area (Å²) in [4.78, 5) is 26.7. The summed E-state index contributed by atoms with van der Waals surface area (Å²) in [7, 11) is 0. The van der Waals surface area contributed by atoms with E-state index in [1.807, 2.05) is 19.1 Å². The second-order valence-electron chi connectivity index (χ2n) is 4.62. The van der Waals surface area contributed by atoms with Crippen LogP contribution in [-0.2, 0) is 20.7 Å². The highest BCUT2D eigenvalue weighted by molar-refractivity contribution is 7.12. The van der Waals surface area contributed by atoms with Gasteiger partial charge in [0.2, 0.25) is 5.91 Å². The Bertz CT molecular complexity index is 471. The molecule has 0 bridgehead atoms. The van der Waals surface area contributed by atoms with E-state index in [1.54, 1.807) is 16.2 Å². The second kappa shape index (κ2) is 6.16. The molecule has 1 unspecified atom stereocenters. The highest BCUT2D eigenvalue weighted by Gasteiger charge is 2.25. The van der Waals surface area contributed by atoms with Gasteiger partial charge in [0.25, 0.3) is 0 Å². The summed E-state index contributed by atoms with van der Waals surface area (Å²) < 4.78 is 5.35. The molecule has 0 spiro atoms. The summed E-state index contributed by atoms with van der Waals surface area (Å²) in [6, 6.07) is 3.97. The first kappa shape index (κ1) is 14.0. The molecule has 1 aromatic heterocycles. The average molecular weight is 283 g/mol. The fraction of sp³-hybridized carbons (Fsp3) is 0.538. The summed E-state index contributed by atoms with van der Waals surface area (Å²) in [5.74, 6) is -0.853. The van der Waals surface area contributed by atoms with Crippen LogP contribution in [0.3, 0.4) is 0 Å². The van der Waals surface area contributed by atoms with Crippen molar-refractivity contribution < 1.29 is 19.4 Å². The minimum atomic E-state index is -0.895. The molecule has 5 nitrogen and oxygen atoms in total. The maximum atomic E-state index is 12.1. The van der Waals surface area contributed by atoms with E-state index >= 15 is 0 Å². The molecule has 2 rings (SSSR count). The molecular formula is C13H17NO4S. The molecule has 6 heteroatoms. The topological polar surface area (TPSA) is 66.8 Å². The number of carboxylic acids is 1. The first-order chi connectivity index (χ1) is 9.04. The standard InChI is InChI=1S/C13H17NO4S/c1-9-2-3-11(19-9)7-12(15)14-4-5-18-10(8-14)6-13(16)17/h2-3,10H,4-8H2,1H3,(H,16,17). The predicted octanol–water partition coefficient (Wildman–Crippen LogP) is 1.30. The van der Waals surface area contributed by atoms with Gasteiger partial charge in [-0.3, -0.25) is 9.59 Å². The molecule has 0 aliphatic carbocycles. The molecular weight excluding hydrogens is 266 g/mol. The highest BCUT2D eigenvalue weighted by atomic mass is 32.1. The first-order valence-corrected chi connectivity index (χ1v) is 7.02. The van der Waals surface area contributed by atoms with Crippen LogP contribution in [0.25, 0.3) is 0 Å². The van der Waals surface area contributed by atoms with Gasteiger partial charge in [0.15, 0.2) is 0 Å². The minimum Gasteiger partial charge on any atom is -0.481 e. The smallest absolute Gasteiger partial charge is 0.306 e. The van der Waals surface area contributed by atoms with Gasteiger partial charge >= 0.3 is 5.97 Å². The van der Waals surface area contributed by atoms with Crippen LogP contribution in [0.4, 0.5) is 0 Å². The van der Waals surface area contributed by atoms with Crippen LogP contribution in [0, 0.1) is 6.92 Å². The quantitative estimate of drug-likeness (QED) is 0.904. The number of aliphatic carboxylic acids is 1. The minimum absolute atomic E-state index is 0.0422. The van der Waals surface area contributed by atoms with Crippen LogP contribution >= 0.6 is 11.3 Å². The number of carbonyl (C=O) groups is 2. The monoisotopic (exact) mass is 283 g/mol. The number of ether oxygens (including phenoxy) is 1. The number of thiophene rings is 1. The Labute approximate surface area is 115 Å². The van der Waals surface area contributed by atoms with Crippen molar-refractivity contribution in [3.63, 3.8) is 0 Å². The molecule has 104 valence electrons. The van der Waals surface area contributed by atoms with E-state index < -0.39 is 5.97 Å². The number of amides is 1. The Balaban J connectivity index is 1.89. The Kier molecular flexibility index (Phi) is 4.55. The second-order valence-corrected chi connectivity index (χ2v) is 5.99. The zero-order chi connectivity index (χ0) is 13.8. The lowest BCUT2D eigenvalue weighted by Crippen LogP contribution is -2.46. The van der Waals surface area contributed by atoms with Crippen LogP contribution in [0.1, 0.15) is 16.2 Å². The normalized spacial score (nSPS) is 19.4. The predicted molar refractivity (Wildman–Crippen MR) is 71.3 cm³/mol. The Morgan fingerprint density at radius 1 is 1.53 bits per heavy atom. The van der Waals surface area contributed by atoms with Crippen molar-refractivity contribution in [1.82, 2.24) is 4.90 Å². The SMILES string of the molecule is Cc1ccc(CC(=O)N2CCOC(CC(=O)O)C2)s1. The van der Waals surface area contributed by atoms with Gasteiger partial charge in [-0.1, -0.05) is 0 Å². The van der Waals surface area contributed by atoms with Crippen molar-refractivity contribution in [2.45, 2.75) is 25.9 Å². The molecule has 1 aliphatic rings. The number of morpholine rings is 1. The zero-order valence-corrected chi connectivity index (χ0v) is 11.6. The van der Waals surface area contributed by atoms with E-state index in [2.05, 4.69) is 0 Å². The molecule has 1 aromatic rings. The van der Waals surface area contributed by atoms with Gasteiger partial charge in [-0.2, -0.15) is 0 Å². The van der Waals surface area contributed by atoms with E-state index in [4.69, 9.17) is 9.84 Å².